The molecule has 174 valence electrons. The number of anilines is 1. The summed E-state index contributed by atoms with van der Waals surface area (Å²) in [6, 6.07) is 15.6. The maximum absolute atomic E-state index is 12.7. The minimum Gasteiger partial charge on any atom is -0.472 e. The van der Waals surface area contributed by atoms with Crippen molar-refractivity contribution in [3.05, 3.63) is 77.5 Å². The second-order valence-electron chi connectivity index (χ2n) is 8.12. The fourth-order valence-corrected chi connectivity index (χ4v) is 4.14. The molecule has 1 aliphatic rings. The molecule has 0 spiro atoms. The predicted octanol–water partition coefficient (Wildman–Crippen LogP) is 4.97. The van der Waals surface area contributed by atoms with Crippen molar-refractivity contribution < 1.29 is 28.1 Å². The third-order valence-corrected chi connectivity index (χ3v) is 5.81. The summed E-state index contributed by atoms with van der Waals surface area (Å²) >= 11 is 0. The fourth-order valence-electron chi connectivity index (χ4n) is 4.14. The van der Waals surface area contributed by atoms with E-state index in [-0.39, 0.29) is 18.6 Å². The standard InChI is InChI=1S/C25H25F3N2O3/c1-16(32)21-4-2-3-5-22(21)17-6-8-23(18(12-17)15-31)30-11-10-20(14-30)33-24-9-7-19(13-29-24)25(26,27)28/h2-9,12-13,16,20,31-32H,10-11,14-15H2,1H3/t16?,20-/m0/s1. The number of rotatable bonds is 6. The summed E-state index contributed by atoms with van der Waals surface area (Å²) < 4.78 is 43.9. The topological polar surface area (TPSA) is 65.8 Å². The number of benzene rings is 2. The summed E-state index contributed by atoms with van der Waals surface area (Å²) in [6.07, 6.45) is -3.82. The number of aliphatic hydroxyl groups excluding tert-OH is 2. The number of ether oxygens (including phenoxy) is 1. The van der Waals surface area contributed by atoms with Gasteiger partial charge in [-0.1, -0.05) is 30.3 Å². The summed E-state index contributed by atoms with van der Waals surface area (Å²) in [4.78, 5) is 5.87. The molecule has 2 aromatic carbocycles. The minimum atomic E-state index is -4.43. The number of alkyl halides is 3. The van der Waals surface area contributed by atoms with Crippen molar-refractivity contribution in [1.29, 1.82) is 0 Å². The van der Waals surface area contributed by atoms with Crippen LogP contribution in [0.5, 0.6) is 5.88 Å². The van der Waals surface area contributed by atoms with E-state index in [9.17, 15) is 23.4 Å². The van der Waals surface area contributed by atoms with Gasteiger partial charge in [0.05, 0.1) is 24.8 Å². The van der Waals surface area contributed by atoms with Crippen LogP contribution in [0.3, 0.4) is 0 Å². The first-order chi connectivity index (χ1) is 15.8. The molecule has 4 rings (SSSR count). The SMILES string of the molecule is CC(O)c1ccccc1-c1ccc(N2CC[C@H](Oc3ccc(C(F)(F)F)cn3)C2)c(CO)c1. The summed E-state index contributed by atoms with van der Waals surface area (Å²) in [5, 5.41) is 20.1. The van der Waals surface area contributed by atoms with Crippen molar-refractivity contribution in [1.82, 2.24) is 4.98 Å². The largest absolute Gasteiger partial charge is 0.472 e. The number of pyridine rings is 1. The Balaban J connectivity index is 1.49. The molecule has 1 unspecified atom stereocenters. The Hall–Kier alpha value is -3.10. The Morgan fingerprint density at radius 3 is 2.61 bits per heavy atom. The lowest BCUT2D eigenvalue weighted by atomic mass is 9.95. The Kier molecular flexibility index (Phi) is 6.58. The molecule has 8 heteroatoms. The average Bonchev–Trinajstić information content (AvgIpc) is 3.26. The number of hydrogen-bond acceptors (Lipinski definition) is 5. The molecular formula is C25H25F3N2O3. The van der Waals surface area contributed by atoms with E-state index in [1.807, 2.05) is 42.5 Å². The molecule has 0 aliphatic carbocycles. The minimum absolute atomic E-state index is 0.150. The van der Waals surface area contributed by atoms with Gasteiger partial charge in [-0.2, -0.15) is 13.2 Å². The highest BCUT2D eigenvalue weighted by Gasteiger charge is 2.31. The Morgan fingerprint density at radius 1 is 1.15 bits per heavy atom. The Bertz CT molecular complexity index is 1100. The third-order valence-electron chi connectivity index (χ3n) is 5.81. The zero-order chi connectivity index (χ0) is 23.6. The van der Waals surface area contributed by atoms with Crippen molar-refractivity contribution in [3.63, 3.8) is 0 Å². The Morgan fingerprint density at radius 2 is 1.94 bits per heavy atom. The van der Waals surface area contributed by atoms with E-state index in [0.29, 0.717) is 19.5 Å². The lowest BCUT2D eigenvalue weighted by molar-refractivity contribution is -0.137. The highest BCUT2D eigenvalue weighted by atomic mass is 19.4. The van der Waals surface area contributed by atoms with Crippen LogP contribution in [0.4, 0.5) is 18.9 Å². The zero-order valence-corrected chi connectivity index (χ0v) is 18.1. The molecule has 1 fully saturated rings. The van der Waals surface area contributed by atoms with Crippen LogP contribution in [-0.4, -0.2) is 34.4 Å². The van der Waals surface area contributed by atoms with Gasteiger partial charge in [-0.25, -0.2) is 4.98 Å². The molecule has 33 heavy (non-hydrogen) atoms. The van der Waals surface area contributed by atoms with E-state index in [1.165, 1.54) is 6.07 Å². The Labute approximate surface area is 190 Å². The smallest absolute Gasteiger partial charge is 0.417 e. The zero-order valence-electron chi connectivity index (χ0n) is 18.1. The van der Waals surface area contributed by atoms with Gasteiger partial charge < -0.3 is 19.8 Å². The maximum Gasteiger partial charge on any atom is 0.417 e. The molecule has 1 saturated heterocycles. The van der Waals surface area contributed by atoms with Gasteiger partial charge in [-0.15, -0.1) is 0 Å². The van der Waals surface area contributed by atoms with Crippen molar-refractivity contribution in [2.75, 3.05) is 18.0 Å². The fraction of sp³-hybridized carbons (Fsp3) is 0.320. The molecule has 5 nitrogen and oxygen atoms in total. The predicted molar refractivity (Wildman–Crippen MR) is 119 cm³/mol. The number of aromatic nitrogens is 1. The number of nitrogens with zero attached hydrogens (tertiary/aromatic N) is 2. The van der Waals surface area contributed by atoms with E-state index in [0.717, 1.165) is 40.2 Å². The van der Waals surface area contributed by atoms with Gasteiger partial charge >= 0.3 is 6.18 Å². The summed E-state index contributed by atoms with van der Waals surface area (Å²) in [6.45, 7) is 2.78. The molecule has 2 atom stereocenters. The van der Waals surface area contributed by atoms with Gasteiger partial charge in [-0.05, 0) is 41.8 Å². The molecule has 0 saturated carbocycles. The van der Waals surface area contributed by atoms with Crippen molar-refractivity contribution in [3.8, 4) is 17.0 Å². The van der Waals surface area contributed by atoms with Crippen LogP contribution in [0, 0.1) is 0 Å². The molecule has 0 amide bonds. The molecule has 2 N–H and O–H groups in total. The normalized spacial score (nSPS) is 17.3. The first kappa shape index (κ1) is 23.1. The van der Waals surface area contributed by atoms with Crippen LogP contribution in [0.15, 0.2) is 60.8 Å². The molecule has 1 aliphatic heterocycles. The number of aliphatic hydroxyl groups is 2. The van der Waals surface area contributed by atoms with Crippen molar-refractivity contribution in [2.24, 2.45) is 0 Å². The maximum atomic E-state index is 12.7. The monoisotopic (exact) mass is 458 g/mol. The van der Waals surface area contributed by atoms with Gasteiger partial charge in [0.15, 0.2) is 0 Å². The summed E-state index contributed by atoms with van der Waals surface area (Å²) in [5.74, 6) is 0.155. The van der Waals surface area contributed by atoms with E-state index in [2.05, 4.69) is 9.88 Å². The van der Waals surface area contributed by atoms with Crippen LogP contribution in [0.25, 0.3) is 11.1 Å². The van der Waals surface area contributed by atoms with Crippen LogP contribution in [-0.2, 0) is 12.8 Å². The van der Waals surface area contributed by atoms with Gasteiger partial charge in [0.2, 0.25) is 5.88 Å². The second kappa shape index (κ2) is 9.41. The van der Waals surface area contributed by atoms with Gasteiger partial charge in [0, 0.05) is 36.5 Å². The van der Waals surface area contributed by atoms with E-state index in [1.54, 1.807) is 6.92 Å². The second-order valence-corrected chi connectivity index (χ2v) is 8.12. The lowest BCUT2D eigenvalue weighted by Gasteiger charge is -2.23. The van der Waals surface area contributed by atoms with Crippen LogP contribution in [0.1, 0.15) is 36.1 Å². The van der Waals surface area contributed by atoms with Crippen LogP contribution < -0.4 is 9.64 Å². The molecule has 0 radical (unpaired) electrons. The van der Waals surface area contributed by atoms with Crippen molar-refractivity contribution >= 4 is 5.69 Å². The van der Waals surface area contributed by atoms with Crippen LogP contribution in [0.2, 0.25) is 0 Å². The average molecular weight is 458 g/mol. The molecule has 0 bridgehead atoms. The summed E-state index contributed by atoms with van der Waals surface area (Å²) in [5.41, 5.74) is 3.44. The number of halogens is 3. The van der Waals surface area contributed by atoms with E-state index < -0.39 is 17.8 Å². The lowest BCUT2D eigenvalue weighted by Crippen LogP contribution is -2.25. The summed E-state index contributed by atoms with van der Waals surface area (Å²) in [7, 11) is 0. The van der Waals surface area contributed by atoms with Gasteiger partial charge in [0.25, 0.3) is 0 Å². The van der Waals surface area contributed by atoms with Crippen LogP contribution >= 0.6 is 0 Å². The van der Waals surface area contributed by atoms with Crippen molar-refractivity contribution in [2.45, 2.75) is 38.3 Å². The highest BCUT2D eigenvalue weighted by Crippen LogP contribution is 2.34. The van der Waals surface area contributed by atoms with Gasteiger partial charge in [-0.3, -0.25) is 0 Å². The quantitative estimate of drug-likeness (QED) is 0.546. The molecular weight excluding hydrogens is 433 g/mol. The first-order valence-corrected chi connectivity index (χ1v) is 10.7. The molecule has 3 aromatic rings. The highest BCUT2D eigenvalue weighted by molar-refractivity contribution is 5.72. The third kappa shape index (κ3) is 5.12. The molecule has 1 aromatic heterocycles. The molecule has 2 heterocycles. The van der Waals surface area contributed by atoms with E-state index >= 15 is 0 Å². The van der Waals surface area contributed by atoms with E-state index in [4.69, 9.17) is 4.74 Å². The van der Waals surface area contributed by atoms with Gasteiger partial charge in [0.1, 0.15) is 6.10 Å². The number of hydrogen-bond donors (Lipinski definition) is 2. The first-order valence-electron chi connectivity index (χ1n) is 10.7.